The topological polar surface area (TPSA) is 62.8 Å². The number of benzene rings is 1. The second-order valence-corrected chi connectivity index (χ2v) is 8.04. The van der Waals surface area contributed by atoms with Gasteiger partial charge in [-0.2, -0.15) is 0 Å². The first-order chi connectivity index (χ1) is 12.3. The number of hydrogen-bond donors (Lipinski definition) is 2. The number of carbonyl (C=O) groups excluding carboxylic acids is 1. The summed E-state index contributed by atoms with van der Waals surface area (Å²) in [6.07, 6.45) is 0. The highest BCUT2D eigenvalue weighted by Crippen LogP contribution is 2.27. The van der Waals surface area contributed by atoms with Gasteiger partial charge in [0, 0.05) is 31.2 Å². The zero-order chi connectivity index (χ0) is 19.2. The number of morpholine rings is 1. The Kier molecular flexibility index (Phi) is 7.88. The Labute approximate surface area is 164 Å². The summed E-state index contributed by atoms with van der Waals surface area (Å²) in [4.78, 5) is 14.6. The predicted molar refractivity (Wildman–Crippen MR) is 107 cm³/mol. The summed E-state index contributed by atoms with van der Waals surface area (Å²) in [7, 11) is 1.64. The van der Waals surface area contributed by atoms with Crippen LogP contribution in [0.4, 0.5) is 0 Å². The fourth-order valence-corrected chi connectivity index (χ4v) is 3.53. The molecule has 2 rings (SSSR count). The Hall–Kier alpha value is -1.15. The molecule has 0 spiro atoms. The lowest BCUT2D eigenvalue weighted by Gasteiger charge is -2.40. The monoisotopic (exact) mass is 427 g/mol. The van der Waals surface area contributed by atoms with Crippen LogP contribution < -0.4 is 15.4 Å². The highest BCUT2D eigenvalue weighted by Gasteiger charge is 2.28. The van der Waals surface area contributed by atoms with Crippen LogP contribution in [0, 0.1) is 0 Å². The van der Waals surface area contributed by atoms with Crippen molar-refractivity contribution >= 4 is 21.8 Å². The smallest absolute Gasteiger partial charge is 0.234 e. The minimum atomic E-state index is -0.0775. The van der Waals surface area contributed by atoms with E-state index in [1.807, 2.05) is 25.1 Å². The van der Waals surface area contributed by atoms with Gasteiger partial charge in [-0.25, -0.2) is 0 Å². The van der Waals surface area contributed by atoms with Gasteiger partial charge in [0.2, 0.25) is 5.91 Å². The van der Waals surface area contributed by atoms with E-state index in [-0.39, 0.29) is 24.0 Å². The van der Waals surface area contributed by atoms with Crippen LogP contribution >= 0.6 is 15.9 Å². The molecule has 0 aliphatic carbocycles. The Morgan fingerprint density at radius 3 is 2.69 bits per heavy atom. The van der Waals surface area contributed by atoms with Crippen LogP contribution in [0.5, 0.6) is 5.75 Å². The average molecular weight is 428 g/mol. The number of amides is 1. The number of nitrogens with one attached hydrogen (secondary N) is 2. The van der Waals surface area contributed by atoms with Crippen molar-refractivity contribution in [2.45, 2.75) is 32.4 Å². The Bertz CT molecular complexity index is 604. The van der Waals surface area contributed by atoms with Crippen molar-refractivity contribution in [3.8, 4) is 5.75 Å². The number of hydrogen-bond acceptors (Lipinski definition) is 5. The molecule has 0 aromatic heterocycles. The molecule has 26 heavy (non-hydrogen) atoms. The number of halogens is 1. The lowest BCUT2D eigenvalue weighted by Crippen LogP contribution is -2.56. The van der Waals surface area contributed by atoms with Gasteiger partial charge < -0.3 is 20.1 Å². The number of carbonyl (C=O) groups is 1. The second kappa shape index (κ2) is 9.69. The van der Waals surface area contributed by atoms with Gasteiger partial charge in [-0.3, -0.25) is 9.69 Å². The quantitative estimate of drug-likeness (QED) is 0.666. The first-order valence-corrected chi connectivity index (χ1v) is 9.79. The van der Waals surface area contributed by atoms with E-state index in [1.54, 1.807) is 7.11 Å². The standard InChI is InChI=1S/C19H30BrN3O3/c1-14(15-5-6-17(25-4)16(20)11-15)21-12-18(24)22-13-19(2,3)23-7-9-26-10-8-23/h5-6,11,14,21H,7-10,12-13H2,1-4H3,(H,22,24). The van der Waals surface area contributed by atoms with Crippen molar-refractivity contribution in [3.05, 3.63) is 28.2 Å². The largest absolute Gasteiger partial charge is 0.496 e. The van der Waals surface area contributed by atoms with E-state index in [4.69, 9.17) is 9.47 Å². The van der Waals surface area contributed by atoms with Gasteiger partial charge in [0.05, 0.1) is 31.3 Å². The van der Waals surface area contributed by atoms with E-state index < -0.39 is 0 Å². The zero-order valence-corrected chi connectivity index (χ0v) is 17.7. The number of methoxy groups -OCH3 is 1. The fraction of sp³-hybridized carbons (Fsp3) is 0.632. The molecule has 1 amide bonds. The maximum Gasteiger partial charge on any atom is 0.234 e. The molecule has 0 radical (unpaired) electrons. The van der Waals surface area contributed by atoms with Gasteiger partial charge in [0.25, 0.3) is 0 Å². The SMILES string of the molecule is COc1ccc(C(C)NCC(=O)NCC(C)(C)N2CCOCC2)cc1Br. The summed E-state index contributed by atoms with van der Waals surface area (Å²) < 4.78 is 11.6. The van der Waals surface area contributed by atoms with E-state index >= 15 is 0 Å². The lowest BCUT2D eigenvalue weighted by molar-refractivity contribution is -0.121. The summed E-state index contributed by atoms with van der Waals surface area (Å²) in [5, 5.41) is 6.32. The summed E-state index contributed by atoms with van der Waals surface area (Å²) in [6, 6.07) is 5.99. The maximum atomic E-state index is 12.2. The van der Waals surface area contributed by atoms with E-state index in [0.717, 1.165) is 42.1 Å². The van der Waals surface area contributed by atoms with Gasteiger partial charge >= 0.3 is 0 Å². The minimum Gasteiger partial charge on any atom is -0.496 e. The van der Waals surface area contributed by atoms with Crippen LogP contribution in [0.25, 0.3) is 0 Å². The summed E-state index contributed by atoms with van der Waals surface area (Å²) in [5.74, 6) is 0.801. The molecule has 1 aromatic rings. The van der Waals surface area contributed by atoms with Crippen LogP contribution in [-0.2, 0) is 9.53 Å². The first kappa shape index (κ1) is 21.2. The van der Waals surface area contributed by atoms with Crippen molar-refractivity contribution in [1.82, 2.24) is 15.5 Å². The van der Waals surface area contributed by atoms with Crippen LogP contribution in [0.2, 0.25) is 0 Å². The third kappa shape index (κ3) is 5.94. The Morgan fingerprint density at radius 1 is 1.38 bits per heavy atom. The molecule has 1 aliphatic heterocycles. The molecular weight excluding hydrogens is 398 g/mol. The molecule has 1 aromatic carbocycles. The van der Waals surface area contributed by atoms with Gasteiger partial charge in [-0.15, -0.1) is 0 Å². The Balaban J connectivity index is 1.78. The highest BCUT2D eigenvalue weighted by atomic mass is 79.9. The van der Waals surface area contributed by atoms with Crippen LogP contribution in [0.1, 0.15) is 32.4 Å². The second-order valence-electron chi connectivity index (χ2n) is 7.19. The summed E-state index contributed by atoms with van der Waals surface area (Å²) in [6.45, 7) is 10.6. The van der Waals surface area contributed by atoms with Crippen molar-refractivity contribution in [3.63, 3.8) is 0 Å². The molecule has 2 N–H and O–H groups in total. The number of rotatable bonds is 8. The molecule has 6 nitrogen and oxygen atoms in total. The molecule has 146 valence electrons. The van der Waals surface area contributed by atoms with Gasteiger partial charge in [-0.1, -0.05) is 6.07 Å². The highest BCUT2D eigenvalue weighted by molar-refractivity contribution is 9.10. The molecule has 0 bridgehead atoms. The first-order valence-electron chi connectivity index (χ1n) is 9.00. The molecule has 1 atom stereocenters. The number of nitrogens with zero attached hydrogens (tertiary/aromatic N) is 1. The summed E-state index contributed by atoms with van der Waals surface area (Å²) in [5.41, 5.74) is 1.02. The lowest BCUT2D eigenvalue weighted by atomic mass is 10.0. The van der Waals surface area contributed by atoms with Crippen molar-refractivity contribution < 1.29 is 14.3 Å². The van der Waals surface area contributed by atoms with E-state index in [9.17, 15) is 4.79 Å². The zero-order valence-electron chi connectivity index (χ0n) is 16.1. The van der Waals surface area contributed by atoms with Gasteiger partial charge in [0.15, 0.2) is 0 Å². The number of ether oxygens (including phenoxy) is 2. The average Bonchev–Trinajstić information content (AvgIpc) is 2.65. The summed E-state index contributed by atoms with van der Waals surface area (Å²) >= 11 is 3.49. The van der Waals surface area contributed by atoms with E-state index in [2.05, 4.69) is 45.3 Å². The van der Waals surface area contributed by atoms with Gasteiger partial charge in [-0.05, 0) is 54.4 Å². The molecule has 1 heterocycles. The van der Waals surface area contributed by atoms with Gasteiger partial charge in [0.1, 0.15) is 5.75 Å². The third-order valence-corrected chi connectivity index (χ3v) is 5.45. The normalized spacial score (nSPS) is 17.0. The van der Waals surface area contributed by atoms with Crippen molar-refractivity contribution in [2.24, 2.45) is 0 Å². The van der Waals surface area contributed by atoms with Crippen LogP contribution in [0.15, 0.2) is 22.7 Å². The van der Waals surface area contributed by atoms with Crippen molar-refractivity contribution in [2.75, 3.05) is 46.5 Å². The van der Waals surface area contributed by atoms with Crippen molar-refractivity contribution in [1.29, 1.82) is 0 Å². The molecular formula is C19H30BrN3O3. The predicted octanol–water partition coefficient (Wildman–Crippen LogP) is 2.34. The van der Waals surface area contributed by atoms with E-state index in [1.165, 1.54) is 0 Å². The third-order valence-electron chi connectivity index (χ3n) is 4.83. The molecule has 1 unspecified atom stereocenters. The van der Waals surface area contributed by atoms with Crippen LogP contribution in [0.3, 0.4) is 0 Å². The minimum absolute atomic E-state index is 0.00534. The molecule has 7 heteroatoms. The maximum absolute atomic E-state index is 12.2. The molecule has 1 aliphatic rings. The Morgan fingerprint density at radius 2 is 2.08 bits per heavy atom. The molecule has 1 fully saturated rings. The van der Waals surface area contributed by atoms with E-state index in [0.29, 0.717) is 6.54 Å². The van der Waals surface area contributed by atoms with Crippen LogP contribution in [-0.4, -0.2) is 62.8 Å². The molecule has 1 saturated heterocycles. The molecule has 0 saturated carbocycles. The fourth-order valence-electron chi connectivity index (χ4n) is 2.97.